The van der Waals surface area contributed by atoms with Gasteiger partial charge in [-0.05, 0) is 6.42 Å². The molecule has 2 rings (SSSR count). The summed E-state index contributed by atoms with van der Waals surface area (Å²) in [5, 5.41) is 13.4. The highest BCUT2D eigenvalue weighted by molar-refractivity contribution is 5.10. The lowest BCUT2D eigenvalue weighted by atomic mass is 10.4. The number of aromatic nitrogens is 4. The third-order valence-electron chi connectivity index (χ3n) is 1.53. The Labute approximate surface area is 51.6 Å². The summed E-state index contributed by atoms with van der Waals surface area (Å²) in [4.78, 5) is 0. The van der Waals surface area contributed by atoms with E-state index in [9.17, 15) is 0 Å². The number of nitrogens with one attached hydrogen (secondary N) is 1. The lowest BCUT2D eigenvalue weighted by Crippen LogP contribution is -2.01. The van der Waals surface area contributed by atoms with Crippen molar-refractivity contribution >= 4 is 0 Å². The smallest absolute Gasteiger partial charge is 0.179 e. The lowest BCUT2D eigenvalue weighted by Gasteiger charge is -1.81. The average Bonchev–Trinajstić information content (AvgIpc) is 2.44. The van der Waals surface area contributed by atoms with Gasteiger partial charge in [0.05, 0.1) is 0 Å². The average molecular weight is 125 g/mol. The standard InChI is InChI=1S/C4H7N5/c5-3-1-2(3)4-6-8-9-7-4/h2-3H,1,5H2,(H,6,7,8,9)/t2-,3-/m1/s1. The van der Waals surface area contributed by atoms with Gasteiger partial charge in [-0.1, -0.05) is 5.21 Å². The first kappa shape index (κ1) is 4.87. The molecule has 9 heavy (non-hydrogen) atoms. The predicted molar refractivity (Wildman–Crippen MR) is 29.5 cm³/mol. The van der Waals surface area contributed by atoms with Gasteiger partial charge in [-0.25, -0.2) is 0 Å². The largest absolute Gasteiger partial charge is 0.327 e. The SMILES string of the molecule is N[C@@H]1C[C@H]1c1nn[nH]n1. The van der Waals surface area contributed by atoms with Crippen molar-refractivity contribution < 1.29 is 0 Å². The fraction of sp³-hybridized carbons (Fsp3) is 0.750. The van der Waals surface area contributed by atoms with Gasteiger partial charge >= 0.3 is 0 Å². The molecular formula is C4H7N5. The Morgan fingerprint density at radius 1 is 1.67 bits per heavy atom. The van der Waals surface area contributed by atoms with E-state index in [1.54, 1.807) is 0 Å². The second kappa shape index (κ2) is 1.51. The molecule has 0 bridgehead atoms. The van der Waals surface area contributed by atoms with E-state index in [-0.39, 0.29) is 6.04 Å². The fourth-order valence-electron chi connectivity index (χ4n) is 0.838. The van der Waals surface area contributed by atoms with E-state index in [4.69, 9.17) is 5.73 Å². The highest BCUT2D eigenvalue weighted by Crippen LogP contribution is 2.35. The van der Waals surface area contributed by atoms with Crippen molar-refractivity contribution in [1.82, 2.24) is 20.6 Å². The number of nitrogens with zero attached hydrogens (tertiary/aromatic N) is 3. The van der Waals surface area contributed by atoms with E-state index in [2.05, 4.69) is 20.6 Å². The van der Waals surface area contributed by atoms with E-state index in [1.807, 2.05) is 0 Å². The maximum Gasteiger partial charge on any atom is 0.179 e. The number of nitrogens with two attached hydrogens (primary N) is 1. The number of aromatic amines is 1. The summed E-state index contributed by atoms with van der Waals surface area (Å²) < 4.78 is 0. The van der Waals surface area contributed by atoms with Crippen LogP contribution in [0.2, 0.25) is 0 Å². The van der Waals surface area contributed by atoms with Gasteiger partial charge in [0.2, 0.25) is 0 Å². The zero-order valence-electron chi connectivity index (χ0n) is 4.78. The lowest BCUT2D eigenvalue weighted by molar-refractivity contribution is 0.881. The minimum atomic E-state index is 0.266. The third-order valence-corrected chi connectivity index (χ3v) is 1.53. The molecule has 2 atom stereocenters. The van der Waals surface area contributed by atoms with Gasteiger partial charge in [0.1, 0.15) is 0 Å². The van der Waals surface area contributed by atoms with Crippen LogP contribution in [-0.4, -0.2) is 26.7 Å². The molecule has 1 saturated carbocycles. The van der Waals surface area contributed by atoms with Crippen molar-refractivity contribution in [3.8, 4) is 0 Å². The minimum absolute atomic E-state index is 0.266. The van der Waals surface area contributed by atoms with Crippen LogP contribution in [0.15, 0.2) is 0 Å². The normalized spacial score (nSPS) is 32.6. The molecule has 0 saturated heterocycles. The van der Waals surface area contributed by atoms with E-state index < -0.39 is 0 Å². The minimum Gasteiger partial charge on any atom is -0.327 e. The van der Waals surface area contributed by atoms with Crippen molar-refractivity contribution in [2.75, 3.05) is 0 Å². The van der Waals surface area contributed by atoms with E-state index in [0.29, 0.717) is 5.92 Å². The summed E-state index contributed by atoms with van der Waals surface area (Å²) in [5.74, 6) is 1.12. The quantitative estimate of drug-likeness (QED) is 0.505. The molecule has 3 N–H and O–H groups in total. The Kier molecular flexibility index (Phi) is 0.814. The maximum absolute atomic E-state index is 5.54. The van der Waals surface area contributed by atoms with Crippen LogP contribution in [0.25, 0.3) is 0 Å². The van der Waals surface area contributed by atoms with Gasteiger partial charge in [0.15, 0.2) is 5.82 Å². The van der Waals surface area contributed by atoms with E-state index in [0.717, 1.165) is 12.2 Å². The first-order valence-electron chi connectivity index (χ1n) is 2.87. The van der Waals surface area contributed by atoms with Crippen LogP contribution in [0.5, 0.6) is 0 Å². The van der Waals surface area contributed by atoms with Crippen LogP contribution in [0.1, 0.15) is 18.2 Å². The molecule has 0 unspecified atom stereocenters. The Balaban J connectivity index is 2.18. The number of H-pyrrole nitrogens is 1. The number of hydrogen-bond donors (Lipinski definition) is 2. The zero-order chi connectivity index (χ0) is 6.27. The van der Waals surface area contributed by atoms with Gasteiger partial charge < -0.3 is 5.73 Å². The maximum atomic E-state index is 5.54. The van der Waals surface area contributed by atoms with Crippen molar-refractivity contribution in [3.63, 3.8) is 0 Å². The van der Waals surface area contributed by atoms with E-state index >= 15 is 0 Å². The van der Waals surface area contributed by atoms with Crippen LogP contribution in [0.4, 0.5) is 0 Å². The summed E-state index contributed by atoms with van der Waals surface area (Å²) >= 11 is 0. The van der Waals surface area contributed by atoms with Gasteiger partial charge in [-0.2, -0.15) is 5.21 Å². The molecule has 0 spiro atoms. The van der Waals surface area contributed by atoms with E-state index in [1.165, 1.54) is 0 Å². The molecule has 1 aromatic rings. The molecule has 0 radical (unpaired) electrons. The highest BCUT2D eigenvalue weighted by atomic mass is 15.5. The summed E-state index contributed by atoms with van der Waals surface area (Å²) in [6.07, 6.45) is 1.000. The monoisotopic (exact) mass is 125 g/mol. The molecule has 1 aliphatic rings. The summed E-state index contributed by atoms with van der Waals surface area (Å²) in [7, 11) is 0. The Morgan fingerprint density at radius 2 is 2.44 bits per heavy atom. The molecule has 5 nitrogen and oxygen atoms in total. The predicted octanol–water partition coefficient (Wildman–Crippen LogP) is -0.986. The zero-order valence-corrected chi connectivity index (χ0v) is 4.78. The second-order valence-electron chi connectivity index (χ2n) is 2.28. The molecule has 48 valence electrons. The number of rotatable bonds is 1. The van der Waals surface area contributed by atoms with Crippen LogP contribution in [-0.2, 0) is 0 Å². The molecule has 1 aliphatic carbocycles. The van der Waals surface area contributed by atoms with Crippen LogP contribution in [0.3, 0.4) is 0 Å². The first-order chi connectivity index (χ1) is 4.38. The summed E-state index contributed by atoms with van der Waals surface area (Å²) in [6, 6.07) is 0.266. The van der Waals surface area contributed by atoms with Crippen LogP contribution >= 0.6 is 0 Å². The van der Waals surface area contributed by atoms with Gasteiger partial charge in [0, 0.05) is 12.0 Å². The second-order valence-corrected chi connectivity index (χ2v) is 2.28. The van der Waals surface area contributed by atoms with Crippen LogP contribution in [0, 0.1) is 0 Å². The fourth-order valence-corrected chi connectivity index (χ4v) is 0.838. The molecule has 0 aromatic carbocycles. The Morgan fingerprint density at radius 3 is 2.89 bits per heavy atom. The molecule has 0 aliphatic heterocycles. The topological polar surface area (TPSA) is 80.5 Å². The van der Waals surface area contributed by atoms with Gasteiger partial charge in [-0.3, -0.25) is 0 Å². The molecule has 1 aromatic heterocycles. The molecular weight excluding hydrogens is 118 g/mol. The molecule has 0 amide bonds. The van der Waals surface area contributed by atoms with Gasteiger partial charge in [0.25, 0.3) is 0 Å². The highest BCUT2D eigenvalue weighted by Gasteiger charge is 2.38. The van der Waals surface area contributed by atoms with Crippen molar-refractivity contribution in [1.29, 1.82) is 0 Å². The number of tetrazole rings is 1. The third kappa shape index (κ3) is 0.692. The Hall–Kier alpha value is -0.970. The van der Waals surface area contributed by atoms with Crippen LogP contribution < -0.4 is 5.73 Å². The number of hydrogen-bond acceptors (Lipinski definition) is 4. The Bertz CT molecular complexity index is 193. The summed E-state index contributed by atoms with van der Waals surface area (Å²) in [5.41, 5.74) is 5.54. The van der Waals surface area contributed by atoms with Crippen molar-refractivity contribution in [2.24, 2.45) is 5.73 Å². The first-order valence-corrected chi connectivity index (χ1v) is 2.87. The van der Waals surface area contributed by atoms with Crippen molar-refractivity contribution in [3.05, 3.63) is 5.82 Å². The van der Waals surface area contributed by atoms with Gasteiger partial charge in [-0.15, -0.1) is 10.2 Å². The molecule has 1 fully saturated rings. The molecule has 5 heteroatoms. The summed E-state index contributed by atoms with van der Waals surface area (Å²) in [6.45, 7) is 0. The molecule has 1 heterocycles. The van der Waals surface area contributed by atoms with Crippen molar-refractivity contribution in [2.45, 2.75) is 18.4 Å².